The molecule has 1 aromatic carbocycles. The fraction of sp³-hybridized carbons (Fsp3) is 0.562. The molecule has 0 aromatic heterocycles. The maximum absolute atomic E-state index is 11.8. The molecule has 2 heteroatoms. The number of aryl methyl sites for hydroxylation is 2. The molecule has 1 aliphatic heterocycles. The largest absolute Gasteiger partial charge is 0.343 e. The molecule has 1 aromatic rings. The number of hydrogen-bond donors (Lipinski definition) is 0. The second-order valence-electron chi connectivity index (χ2n) is 4.58. The molecule has 1 fully saturated rings. The Hall–Kier alpha value is -1.31. The van der Waals surface area contributed by atoms with Crippen LogP contribution in [0.5, 0.6) is 0 Å². The Balaban J connectivity index is 0.000000771. The zero-order valence-corrected chi connectivity index (χ0v) is 11.9. The standard InChI is InChI=1S/C14H19NO.C2H6/c1-12-5-4-6-13(11-12)7-8-14(16)15-9-2-3-10-15;1-2/h4-6,11H,2-3,7-10H2,1H3;1-2H3. The Labute approximate surface area is 111 Å². The van der Waals surface area contributed by atoms with Crippen LogP contribution in [-0.2, 0) is 11.2 Å². The summed E-state index contributed by atoms with van der Waals surface area (Å²) in [7, 11) is 0. The van der Waals surface area contributed by atoms with Gasteiger partial charge in [-0.1, -0.05) is 43.7 Å². The van der Waals surface area contributed by atoms with E-state index in [2.05, 4.69) is 31.2 Å². The molecule has 0 atom stereocenters. The number of likely N-dealkylation sites (tertiary alicyclic amines) is 1. The zero-order chi connectivity index (χ0) is 13.4. The zero-order valence-electron chi connectivity index (χ0n) is 11.9. The van der Waals surface area contributed by atoms with Crippen molar-refractivity contribution in [3.8, 4) is 0 Å². The molecular weight excluding hydrogens is 222 g/mol. The van der Waals surface area contributed by atoms with Crippen molar-refractivity contribution in [2.24, 2.45) is 0 Å². The van der Waals surface area contributed by atoms with Crippen molar-refractivity contribution < 1.29 is 4.79 Å². The number of hydrogen-bond acceptors (Lipinski definition) is 1. The lowest BCUT2D eigenvalue weighted by Gasteiger charge is -2.14. The van der Waals surface area contributed by atoms with Gasteiger partial charge in [-0.2, -0.15) is 0 Å². The lowest BCUT2D eigenvalue weighted by Crippen LogP contribution is -2.27. The highest BCUT2D eigenvalue weighted by molar-refractivity contribution is 5.76. The van der Waals surface area contributed by atoms with Gasteiger partial charge in [-0.15, -0.1) is 0 Å². The summed E-state index contributed by atoms with van der Waals surface area (Å²) in [5, 5.41) is 0. The first kappa shape index (κ1) is 14.7. The molecule has 0 spiro atoms. The number of benzene rings is 1. The number of carbonyl (C=O) groups excluding carboxylic acids is 1. The average Bonchev–Trinajstić information content (AvgIpc) is 2.92. The van der Waals surface area contributed by atoms with E-state index in [0.29, 0.717) is 12.3 Å². The predicted octanol–water partition coefficient (Wildman–Crippen LogP) is 3.58. The van der Waals surface area contributed by atoms with Gasteiger partial charge in [0.05, 0.1) is 0 Å². The quantitative estimate of drug-likeness (QED) is 0.799. The summed E-state index contributed by atoms with van der Waals surface area (Å²) in [6, 6.07) is 8.41. The van der Waals surface area contributed by atoms with Gasteiger partial charge in [0.15, 0.2) is 0 Å². The second kappa shape index (κ2) is 7.91. The van der Waals surface area contributed by atoms with Crippen molar-refractivity contribution in [2.45, 2.75) is 46.5 Å². The summed E-state index contributed by atoms with van der Waals surface area (Å²) in [5.41, 5.74) is 2.54. The van der Waals surface area contributed by atoms with Crippen molar-refractivity contribution in [3.05, 3.63) is 35.4 Å². The van der Waals surface area contributed by atoms with Crippen molar-refractivity contribution in [1.82, 2.24) is 4.90 Å². The van der Waals surface area contributed by atoms with Crippen molar-refractivity contribution in [3.63, 3.8) is 0 Å². The Morgan fingerprint density at radius 2 is 1.89 bits per heavy atom. The minimum Gasteiger partial charge on any atom is -0.343 e. The van der Waals surface area contributed by atoms with Gasteiger partial charge in [0.1, 0.15) is 0 Å². The van der Waals surface area contributed by atoms with E-state index in [4.69, 9.17) is 0 Å². The lowest BCUT2D eigenvalue weighted by molar-refractivity contribution is -0.130. The average molecular weight is 247 g/mol. The number of rotatable bonds is 3. The minimum absolute atomic E-state index is 0.319. The van der Waals surface area contributed by atoms with E-state index in [1.807, 2.05) is 18.7 Å². The van der Waals surface area contributed by atoms with Crippen LogP contribution < -0.4 is 0 Å². The highest BCUT2D eigenvalue weighted by atomic mass is 16.2. The van der Waals surface area contributed by atoms with Crippen molar-refractivity contribution >= 4 is 5.91 Å². The number of carbonyl (C=O) groups is 1. The lowest BCUT2D eigenvalue weighted by atomic mass is 10.1. The van der Waals surface area contributed by atoms with Crippen molar-refractivity contribution in [1.29, 1.82) is 0 Å². The van der Waals surface area contributed by atoms with Crippen LogP contribution in [0.1, 0.15) is 44.2 Å². The van der Waals surface area contributed by atoms with Crippen LogP contribution in [-0.4, -0.2) is 23.9 Å². The maximum Gasteiger partial charge on any atom is 0.222 e. The van der Waals surface area contributed by atoms with E-state index < -0.39 is 0 Å². The molecule has 0 radical (unpaired) electrons. The smallest absolute Gasteiger partial charge is 0.222 e. The summed E-state index contributed by atoms with van der Waals surface area (Å²) < 4.78 is 0. The maximum atomic E-state index is 11.8. The van der Waals surface area contributed by atoms with E-state index in [9.17, 15) is 4.79 Å². The molecule has 2 rings (SSSR count). The molecule has 0 saturated carbocycles. The molecular formula is C16H25NO. The number of amides is 1. The molecule has 0 unspecified atom stereocenters. The molecule has 1 aliphatic rings. The van der Waals surface area contributed by atoms with Gasteiger partial charge >= 0.3 is 0 Å². The molecule has 1 saturated heterocycles. The molecule has 0 aliphatic carbocycles. The van der Waals surface area contributed by atoms with Gasteiger partial charge in [-0.05, 0) is 31.7 Å². The van der Waals surface area contributed by atoms with Crippen LogP contribution in [0, 0.1) is 6.92 Å². The summed E-state index contributed by atoms with van der Waals surface area (Å²) >= 11 is 0. The van der Waals surface area contributed by atoms with Gasteiger partial charge < -0.3 is 4.90 Å². The van der Waals surface area contributed by atoms with Gasteiger partial charge in [0.2, 0.25) is 5.91 Å². The topological polar surface area (TPSA) is 20.3 Å². The minimum atomic E-state index is 0.319. The SMILES string of the molecule is CC.Cc1cccc(CCC(=O)N2CCCC2)c1. The fourth-order valence-electron chi connectivity index (χ4n) is 2.24. The molecule has 100 valence electrons. The van der Waals surface area contributed by atoms with Gasteiger partial charge in [0, 0.05) is 19.5 Å². The Bertz CT molecular complexity index is 367. The third-order valence-electron chi connectivity index (χ3n) is 3.17. The first-order chi connectivity index (χ1) is 8.75. The molecule has 2 nitrogen and oxygen atoms in total. The summed E-state index contributed by atoms with van der Waals surface area (Å²) in [5.74, 6) is 0.319. The molecule has 0 N–H and O–H groups in total. The molecule has 18 heavy (non-hydrogen) atoms. The first-order valence-electron chi connectivity index (χ1n) is 7.09. The summed E-state index contributed by atoms with van der Waals surface area (Å²) in [6.45, 7) is 8.02. The highest BCUT2D eigenvalue weighted by Crippen LogP contribution is 2.12. The normalized spacial score (nSPS) is 14.1. The second-order valence-corrected chi connectivity index (χ2v) is 4.58. The van der Waals surface area contributed by atoms with Gasteiger partial charge in [0.25, 0.3) is 0 Å². The van der Waals surface area contributed by atoms with Crippen LogP contribution in [0.3, 0.4) is 0 Å². The first-order valence-corrected chi connectivity index (χ1v) is 7.09. The van der Waals surface area contributed by atoms with E-state index in [1.165, 1.54) is 24.0 Å². The van der Waals surface area contributed by atoms with Crippen LogP contribution in [0.25, 0.3) is 0 Å². The van der Waals surface area contributed by atoms with Gasteiger partial charge in [-0.25, -0.2) is 0 Å². The summed E-state index contributed by atoms with van der Waals surface area (Å²) in [6.07, 6.45) is 3.88. The Kier molecular flexibility index (Phi) is 6.48. The third kappa shape index (κ3) is 4.52. The van der Waals surface area contributed by atoms with Crippen molar-refractivity contribution in [2.75, 3.05) is 13.1 Å². The number of nitrogens with zero attached hydrogens (tertiary/aromatic N) is 1. The van der Waals surface area contributed by atoms with Crippen LogP contribution in [0.2, 0.25) is 0 Å². The van der Waals surface area contributed by atoms with E-state index >= 15 is 0 Å². The fourth-order valence-corrected chi connectivity index (χ4v) is 2.24. The molecule has 0 bridgehead atoms. The highest BCUT2D eigenvalue weighted by Gasteiger charge is 2.17. The Morgan fingerprint density at radius 1 is 1.22 bits per heavy atom. The summed E-state index contributed by atoms with van der Waals surface area (Å²) in [4.78, 5) is 13.8. The predicted molar refractivity (Wildman–Crippen MR) is 76.7 cm³/mol. The molecule has 1 heterocycles. The van der Waals surface area contributed by atoms with Gasteiger partial charge in [-0.3, -0.25) is 4.79 Å². The monoisotopic (exact) mass is 247 g/mol. The van der Waals surface area contributed by atoms with E-state index in [1.54, 1.807) is 0 Å². The molecule has 1 amide bonds. The van der Waals surface area contributed by atoms with Crippen LogP contribution >= 0.6 is 0 Å². The van der Waals surface area contributed by atoms with Crippen LogP contribution in [0.15, 0.2) is 24.3 Å². The van der Waals surface area contributed by atoms with E-state index in [0.717, 1.165) is 19.5 Å². The van der Waals surface area contributed by atoms with E-state index in [-0.39, 0.29) is 0 Å². The third-order valence-corrected chi connectivity index (χ3v) is 3.17. The van der Waals surface area contributed by atoms with Crippen LogP contribution in [0.4, 0.5) is 0 Å². The Morgan fingerprint density at radius 3 is 2.50 bits per heavy atom.